The van der Waals surface area contributed by atoms with Gasteiger partial charge in [0, 0.05) is 31.8 Å². The minimum Gasteiger partial charge on any atom is -0.381 e. The van der Waals surface area contributed by atoms with Crippen molar-refractivity contribution >= 4 is 42.2 Å². The topological polar surface area (TPSA) is 121 Å². The van der Waals surface area contributed by atoms with Gasteiger partial charge in [0.05, 0.1) is 25.6 Å². The van der Waals surface area contributed by atoms with Crippen LogP contribution >= 0.6 is 19.0 Å². The summed E-state index contributed by atoms with van der Waals surface area (Å²) in [6.07, 6.45) is 0.954. The van der Waals surface area contributed by atoms with Crippen LogP contribution in [0.3, 0.4) is 0 Å². The predicted molar refractivity (Wildman–Crippen MR) is 107 cm³/mol. The Morgan fingerprint density at radius 1 is 1.53 bits per heavy atom. The van der Waals surface area contributed by atoms with Crippen molar-refractivity contribution < 1.29 is 28.1 Å². The molecule has 0 aliphatic carbocycles. The van der Waals surface area contributed by atoms with E-state index in [1.54, 1.807) is 6.21 Å². The standard InChI is InChI=1S/C17H22ClFN5O5P/c1-30(25,26)9-28-7-11-4-12(19)16(29-11)24-8-21-13-14(22-17(18)23-15(13)24)20-5-10-2-3-27-6-10/h5,8,10-12,16H,2-4,6-7,9H2,1H3,(H,25,26). The van der Waals surface area contributed by atoms with Gasteiger partial charge in [-0.05, 0) is 18.0 Å². The molecule has 2 saturated heterocycles. The molecule has 0 bridgehead atoms. The molecule has 2 fully saturated rings. The van der Waals surface area contributed by atoms with Gasteiger partial charge in [0.15, 0.2) is 23.2 Å². The number of nitrogens with zero attached hydrogens (tertiary/aromatic N) is 5. The molecule has 0 aromatic carbocycles. The van der Waals surface area contributed by atoms with E-state index < -0.39 is 25.9 Å². The zero-order valence-corrected chi connectivity index (χ0v) is 17.9. The number of fused-ring (bicyclic) bond motifs is 1. The molecule has 4 heterocycles. The fourth-order valence-corrected chi connectivity index (χ4v) is 4.01. The highest BCUT2D eigenvalue weighted by atomic mass is 35.5. The van der Waals surface area contributed by atoms with Crippen LogP contribution in [0.4, 0.5) is 10.2 Å². The first-order valence-corrected chi connectivity index (χ1v) is 12.2. The van der Waals surface area contributed by atoms with Crippen molar-refractivity contribution in [2.75, 3.05) is 32.8 Å². The van der Waals surface area contributed by atoms with Crippen LogP contribution in [0, 0.1) is 5.92 Å². The Bertz CT molecular complexity index is 979. The third-order valence-electron chi connectivity index (χ3n) is 4.79. The molecule has 1 N–H and O–H groups in total. The van der Waals surface area contributed by atoms with Crippen LogP contribution in [0.2, 0.25) is 5.28 Å². The maximum atomic E-state index is 14.7. The monoisotopic (exact) mass is 461 g/mol. The van der Waals surface area contributed by atoms with E-state index in [1.807, 2.05) is 0 Å². The van der Waals surface area contributed by atoms with Crippen LogP contribution < -0.4 is 0 Å². The third-order valence-corrected chi connectivity index (χ3v) is 5.62. The molecule has 2 aromatic heterocycles. The molecule has 2 aliphatic rings. The van der Waals surface area contributed by atoms with Crippen molar-refractivity contribution in [2.45, 2.75) is 31.3 Å². The van der Waals surface area contributed by atoms with E-state index >= 15 is 0 Å². The summed E-state index contributed by atoms with van der Waals surface area (Å²) in [4.78, 5) is 26.3. The number of alkyl halides is 1. The lowest BCUT2D eigenvalue weighted by Gasteiger charge is -2.16. The summed E-state index contributed by atoms with van der Waals surface area (Å²) in [5.74, 6) is 0.493. The maximum absolute atomic E-state index is 14.7. The second-order valence-corrected chi connectivity index (χ2v) is 10.2. The van der Waals surface area contributed by atoms with Crippen LogP contribution in [0.5, 0.6) is 0 Å². The summed E-state index contributed by atoms with van der Waals surface area (Å²) in [6.45, 7) is 2.51. The predicted octanol–water partition coefficient (Wildman–Crippen LogP) is 2.72. The average Bonchev–Trinajstić information content (AvgIpc) is 3.38. The van der Waals surface area contributed by atoms with E-state index in [9.17, 15) is 13.8 Å². The molecule has 2 aromatic rings. The van der Waals surface area contributed by atoms with Gasteiger partial charge in [-0.3, -0.25) is 9.13 Å². The van der Waals surface area contributed by atoms with Crippen LogP contribution in [0.25, 0.3) is 11.2 Å². The summed E-state index contributed by atoms with van der Waals surface area (Å²) in [7, 11) is -3.30. The van der Waals surface area contributed by atoms with Gasteiger partial charge in [-0.25, -0.2) is 14.4 Å². The highest BCUT2D eigenvalue weighted by Crippen LogP contribution is 2.37. The minimum atomic E-state index is -3.30. The lowest BCUT2D eigenvalue weighted by atomic mass is 10.1. The highest BCUT2D eigenvalue weighted by Gasteiger charge is 2.38. The Kier molecular flexibility index (Phi) is 6.47. The number of rotatable bonds is 7. The number of imidazole rings is 1. The van der Waals surface area contributed by atoms with Crippen LogP contribution in [-0.4, -0.2) is 75.7 Å². The summed E-state index contributed by atoms with van der Waals surface area (Å²) in [6, 6.07) is 0. The summed E-state index contributed by atoms with van der Waals surface area (Å²) in [5.41, 5.74) is 0.699. The van der Waals surface area contributed by atoms with Gasteiger partial charge < -0.3 is 19.1 Å². The Balaban J connectivity index is 1.52. The fraction of sp³-hybridized carbons (Fsp3) is 0.647. The molecule has 0 spiro atoms. The Morgan fingerprint density at radius 3 is 3.10 bits per heavy atom. The van der Waals surface area contributed by atoms with Crippen LogP contribution in [-0.2, 0) is 18.8 Å². The largest absolute Gasteiger partial charge is 0.381 e. The molecule has 10 nitrogen and oxygen atoms in total. The zero-order valence-electron chi connectivity index (χ0n) is 16.2. The van der Waals surface area contributed by atoms with E-state index in [-0.39, 0.29) is 30.6 Å². The number of hydrogen-bond acceptors (Lipinski definition) is 8. The first-order valence-electron chi connectivity index (χ1n) is 9.49. The molecule has 0 saturated carbocycles. The Hall–Kier alpha value is -1.49. The van der Waals surface area contributed by atoms with Crippen molar-refractivity contribution in [1.29, 1.82) is 0 Å². The molecular weight excluding hydrogens is 440 g/mol. The SMILES string of the molecule is CP(=O)(O)COCC1CC(F)C(n2cnc3c(N=CC4CCOC4)nc(Cl)nc32)O1. The second-order valence-electron chi connectivity index (χ2n) is 7.49. The highest BCUT2D eigenvalue weighted by molar-refractivity contribution is 7.56. The Labute approximate surface area is 176 Å². The van der Waals surface area contributed by atoms with Gasteiger partial charge in [0.1, 0.15) is 12.5 Å². The fourth-order valence-electron chi connectivity index (χ4n) is 3.40. The molecule has 0 radical (unpaired) electrons. The van der Waals surface area contributed by atoms with E-state index in [4.69, 9.17) is 25.8 Å². The quantitative estimate of drug-likeness (QED) is 0.379. The number of ether oxygens (including phenoxy) is 3. The average molecular weight is 462 g/mol. The second kappa shape index (κ2) is 8.94. The molecule has 0 amide bonds. The van der Waals surface area contributed by atoms with Gasteiger partial charge in [-0.1, -0.05) is 0 Å². The van der Waals surface area contributed by atoms with Crippen LogP contribution in [0.1, 0.15) is 19.1 Å². The summed E-state index contributed by atoms with van der Waals surface area (Å²) in [5, 5.41) is -0.0333. The minimum absolute atomic E-state index is 0.0106. The molecule has 4 rings (SSSR count). The number of halogens is 2. The number of aromatic nitrogens is 4. The van der Waals surface area contributed by atoms with Crippen LogP contribution in [0.15, 0.2) is 11.3 Å². The molecule has 30 heavy (non-hydrogen) atoms. The van der Waals surface area contributed by atoms with Gasteiger partial charge in [0.25, 0.3) is 0 Å². The van der Waals surface area contributed by atoms with Crippen molar-refractivity contribution in [2.24, 2.45) is 10.9 Å². The molecule has 5 atom stereocenters. The van der Waals surface area contributed by atoms with Gasteiger partial charge in [-0.15, -0.1) is 0 Å². The Morgan fingerprint density at radius 2 is 2.37 bits per heavy atom. The van der Waals surface area contributed by atoms with Crippen molar-refractivity contribution in [3.05, 3.63) is 11.6 Å². The van der Waals surface area contributed by atoms with E-state index in [0.717, 1.165) is 6.42 Å². The zero-order chi connectivity index (χ0) is 21.3. The van der Waals surface area contributed by atoms with Gasteiger partial charge >= 0.3 is 0 Å². The first kappa shape index (κ1) is 21.7. The van der Waals surface area contributed by atoms with E-state index in [1.165, 1.54) is 17.6 Å². The molecule has 164 valence electrons. The molecule has 5 unspecified atom stereocenters. The summed E-state index contributed by atoms with van der Waals surface area (Å²) < 4.78 is 43.7. The molecule has 13 heteroatoms. The van der Waals surface area contributed by atoms with E-state index in [0.29, 0.717) is 30.2 Å². The first-order chi connectivity index (χ1) is 14.3. The molecule has 2 aliphatic heterocycles. The maximum Gasteiger partial charge on any atom is 0.226 e. The van der Waals surface area contributed by atoms with Crippen molar-refractivity contribution in [3.8, 4) is 0 Å². The van der Waals surface area contributed by atoms with Gasteiger partial charge in [-0.2, -0.15) is 9.97 Å². The smallest absolute Gasteiger partial charge is 0.226 e. The molecular formula is C17H22ClFN5O5P. The number of aliphatic imine (C=N–C) groups is 1. The lowest BCUT2D eigenvalue weighted by molar-refractivity contribution is -0.0451. The van der Waals surface area contributed by atoms with Crippen molar-refractivity contribution in [3.63, 3.8) is 0 Å². The third kappa shape index (κ3) is 5.04. The van der Waals surface area contributed by atoms with Gasteiger partial charge in [0.2, 0.25) is 12.7 Å². The summed E-state index contributed by atoms with van der Waals surface area (Å²) >= 11 is 6.06. The van der Waals surface area contributed by atoms with Crippen molar-refractivity contribution in [1.82, 2.24) is 19.5 Å². The normalized spacial score (nSPS) is 29.2. The number of hydrogen-bond donors (Lipinski definition) is 1. The lowest BCUT2D eigenvalue weighted by Crippen LogP contribution is -2.18. The van der Waals surface area contributed by atoms with E-state index in [2.05, 4.69) is 19.9 Å².